The van der Waals surface area contributed by atoms with E-state index in [0.29, 0.717) is 5.56 Å². The highest BCUT2D eigenvalue weighted by atomic mass is 28.1. The zero-order valence-electron chi connectivity index (χ0n) is 7.16. The lowest BCUT2D eigenvalue weighted by Gasteiger charge is -2.08. The summed E-state index contributed by atoms with van der Waals surface area (Å²) in [5, 5.41) is 2.70. The van der Waals surface area contributed by atoms with Crippen molar-refractivity contribution in [2.75, 3.05) is 0 Å². The predicted molar refractivity (Wildman–Crippen MR) is 53.6 cm³/mol. The summed E-state index contributed by atoms with van der Waals surface area (Å²) < 4.78 is 0. The van der Waals surface area contributed by atoms with Gasteiger partial charge in [-0.1, -0.05) is 24.3 Å². The Morgan fingerprint density at radius 2 is 2.08 bits per heavy atom. The molecule has 3 radical (unpaired) electrons. The summed E-state index contributed by atoms with van der Waals surface area (Å²) in [6.45, 7) is 3.54. The van der Waals surface area contributed by atoms with Crippen molar-refractivity contribution in [1.29, 1.82) is 0 Å². The highest BCUT2D eigenvalue weighted by Gasteiger charge is 2.05. The van der Waals surface area contributed by atoms with Crippen LogP contribution in [-0.4, -0.2) is 21.8 Å². The topological polar surface area (TPSA) is 29.1 Å². The van der Waals surface area contributed by atoms with Gasteiger partial charge in [0.1, 0.15) is 0 Å². The quantitative estimate of drug-likeness (QED) is 0.558. The summed E-state index contributed by atoms with van der Waals surface area (Å²) in [6, 6.07) is 9.04. The first-order chi connectivity index (χ1) is 6.24. The van der Waals surface area contributed by atoms with E-state index in [-0.39, 0.29) is 11.6 Å². The van der Waals surface area contributed by atoms with Crippen molar-refractivity contribution in [1.82, 2.24) is 5.32 Å². The Morgan fingerprint density at radius 3 is 2.62 bits per heavy atom. The molecule has 3 heteroatoms. The first kappa shape index (κ1) is 9.73. The first-order valence-corrected chi connectivity index (χ1v) is 4.51. The molecule has 1 amide bonds. The summed E-state index contributed by atoms with van der Waals surface area (Å²) in [5.41, 5.74) is 0.459. The van der Waals surface area contributed by atoms with Crippen LogP contribution < -0.4 is 5.32 Å². The van der Waals surface area contributed by atoms with Gasteiger partial charge in [-0.05, 0) is 12.1 Å². The van der Waals surface area contributed by atoms with Crippen molar-refractivity contribution in [3.8, 4) is 0 Å². The van der Waals surface area contributed by atoms with E-state index in [1.807, 2.05) is 18.2 Å². The third-order valence-corrected chi connectivity index (χ3v) is 1.94. The van der Waals surface area contributed by atoms with Crippen LogP contribution in [0.3, 0.4) is 0 Å². The number of carbonyl (C=O) groups excluding carboxylic acids is 1. The van der Waals surface area contributed by atoms with E-state index in [0.717, 1.165) is 0 Å². The number of benzene rings is 1. The second kappa shape index (κ2) is 4.62. The molecule has 0 heterocycles. The maximum absolute atomic E-state index is 11.4. The number of rotatable bonds is 3. The summed E-state index contributed by atoms with van der Waals surface area (Å²) in [7, 11) is 3.27. The van der Waals surface area contributed by atoms with E-state index in [2.05, 4.69) is 22.1 Å². The van der Waals surface area contributed by atoms with Gasteiger partial charge in [-0.15, -0.1) is 6.58 Å². The van der Waals surface area contributed by atoms with Gasteiger partial charge in [-0.25, -0.2) is 0 Å². The van der Waals surface area contributed by atoms with Gasteiger partial charge in [-0.3, -0.25) is 4.79 Å². The van der Waals surface area contributed by atoms with Gasteiger partial charge in [0.25, 0.3) is 5.91 Å². The molecular weight excluding hydrogens is 178 g/mol. The highest BCUT2D eigenvalue weighted by Crippen LogP contribution is 1.97. The van der Waals surface area contributed by atoms with Gasteiger partial charge in [0.05, 0.1) is 10.2 Å². The SMILES string of the molecule is C=CC([Si])NC(=O)c1ccccc1. The molecule has 0 bridgehead atoms. The molecule has 1 atom stereocenters. The average molecular weight is 188 g/mol. The number of hydrogen-bond donors (Lipinski definition) is 1. The molecular formula is C10H10NOSi. The standard InChI is InChI=1S/C10H10NOSi/c1-2-9(13)11-10(12)8-6-4-3-5-7-8/h2-7,9H,1H2,(H,11,12). The fourth-order valence-corrected chi connectivity index (χ4v) is 1.00. The second-order valence-corrected chi connectivity index (χ2v) is 3.17. The van der Waals surface area contributed by atoms with Crippen molar-refractivity contribution in [2.45, 2.75) is 5.67 Å². The summed E-state index contributed by atoms with van der Waals surface area (Å²) in [4.78, 5) is 11.4. The Morgan fingerprint density at radius 1 is 1.46 bits per heavy atom. The monoisotopic (exact) mass is 188 g/mol. The minimum atomic E-state index is -0.187. The lowest BCUT2D eigenvalue weighted by atomic mass is 10.2. The summed E-state index contributed by atoms with van der Waals surface area (Å²) in [6.07, 6.45) is 1.61. The molecule has 2 nitrogen and oxygen atoms in total. The zero-order valence-corrected chi connectivity index (χ0v) is 8.16. The van der Waals surface area contributed by atoms with Crippen molar-refractivity contribution in [2.24, 2.45) is 0 Å². The first-order valence-electron chi connectivity index (χ1n) is 3.93. The second-order valence-electron chi connectivity index (χ2n) is 2.55. The van der Waals surface area contributed by atoms with E-state index in [1.54, 1.807) is 18.2 Å². The van der Waals surface area contributed by atoms with Gasteiger partial charge in [0.15, 0.2) is 0 Å². The van der Waals surface area contributed by atoms with E-state index in [4.69, 9.17) is 0 Å². The normalized spacial score (nSPS) is 11.8. The van der Waals surface area contributed by atoms with Crippen LogP contribution in [0.15, 0.2) is 43.0 Å². The van der Waals surface area contributed by atoms with Crippen LogP contribution in [0.25, 0.3) is 0 Å². The highest BCUT2D eigenvalue weighted by molar-refractivity contribution is 6.15. The van der Waals surface area contributed by atoms with Crippen LogP contribution in [0.4, 0.5) is 0 Å². The van der Waals surface area contributed by atoms with Crippen LogP contribution in [0.5, 0.6) is 0 Å². The largest absolute Gasteiger partial charge is 0.349 e. The molecule has 0 saturated carbocycles. The summed E-state index contributed by atoms with van der Waals surface area (Å²) >= 11 is 0. The third kappa shape index (κ3) is 2.87. The molecule has 1 N–H and O–H groups in total. The maximum atomic E-state index is 11.4. The number of amides is 1. The Bertz CT molecular complexity index is 297. The maximum Gasteiger partial charge on any atom is 0.251 e. The molecule has 0 aliphatic heterocycles. The Balaban J connectivity index is 2.64. The minimum Gasteiger partial charge on any atom is -0.349 e. The lowest BCUT2D eigenvalue weighted by Crippen LogP contribution is -2.33. The van der Waals surface area contributed by atoms with Crippen molar-refractivity contribution in [3.05, 3.63) is 48.6 Å². The van der Waals surface area contributed by atoms with Crippen molar-refractivity contribution >= 4 is 16.1 Å². The molecule has 1 aromatic rings. The van der Waals surface area contributed by atoms with Crippen LogP contribution in [-0.2, 0) is 0 Å². The number of carbonyl (C=O) groups is 1. The minimum absolute atomic E-state index is 0.111. The Kier molecular flexibility index (Phi) is 3.46. The van der Waals surface area contributed by atoms with Crippen molar-refractivity contribution in [3.63, 3.8) is 0 Å². The molecule has 1 unspecified atom stereocenters. The lowest BCUT2D eigenvalue weighted by molar-refractivity contribution is 0.0953. The molecule has 0 aliphatic carbocycles. The zero-order chi connectivity index (χ0) is 9.68. The van der Waals surface area contributed by atoms with Gasteiger partial charge >= 0.3 is 0 Å². The molecule has 65 valence electrons. The average Bonchev–Trinajstić information content (AvgIpc) is 2.19. The number of nitrogens with one attached hydrogen (secondary N) is 1. The van der Waals surface area contributed by atoms with Crippen molar-refractivity contribution < 1.29 is 4.79 Å². The predicted octanol–water partition coefficient (Wildman–Crippen LogP) is 1.10. The third-order valence-electron chi connectivity index (χ3n) is 1.56. The molecule has 0 spiro atoms. The fraction of sp³-hybridized carbons (Fsp3) is 0.100. The number of hydrogen-bond acceptors (Lipinski definition) is 1. The van der Waals surface area contributed by atoms with Gasteiger partial charge in [0.2, 0.25) is 0 Å². The van der Waals surface area contributed by atoms with Gasteiger partial charge in [0, 0.05) is 11.2 Å². The smallest absolute Gasteiger partial charge is 0.251 e. The molecule has 0 saturated heterocycles. The molecule has 1 aromatic carbocycles. The molecule has 0 fully saturated rings. The Hall–Kier alpha value is -1.35. The van der Waals surface area contributed by atoms with Gasteiger partial charge < -0.3 is 5.32 Å². The molecule has 13 heavy (non-hydrogen) atoms. The van der Waals surface area contributed by atoms with E-state index < -0.39 is 0 Å². The van der Waals surface area contributed by atoms with E-state index in [1.165, 1.54) is 0 Å². The van der Waals surface area contributed by atoms with Gasteiger partial charge in [-0.2, -0.15) is 0 Å². The molecule has 0 aliphatic rings. The van der Waals surface area contributed by atoms with E-state index >= 15 is 0 Å². The van der Waals surface area contributed by atoms with Crippen LogP contribution in [0.1, 0.15) is 10.4 Å². The fourth-order valence-electron chi connectivity index (χ4n) is 0.873. The molecule has 0 aromatic heterocycles. The van der Waals surface area contributed by atoms with E-state index in [9.17, 15) is 4.79 Å². The van der Waals surface area contributed by atoms with Crippen LogP contribution in [0, 0.1) is 0 Å². The van der Waals surface area contributed by atoms with Crippen LogP contribution >= 0.6 is 0 Å². The summed E-state index contributed by atoms with van der Waals surface area (Å²) in [5.74, 6) is -0.111. The molecule has 1 rings (SSSR count). The Labute approximate surface area is 81.1 Å². The van der Waals surface area contributed by atoms with Crippen LogP contribution in [0.2, 0.25) is 0 Å².